The van der Waals surface area contributed by atoms with E-state index in [2.05, 4.69) is 0 Å². The average molecular weight is 487 g/mol. The molecule has 5 nitrogen and oxygen atoms in total. The Kier molecular flexibility index (Phi) is 6.25. The number of methoxy groups -OCH3 is 1. The molecule has 5 rings (SSSR count). The van der Waals surface area contributed by atoms with Gasteiger partial charge in [0.2, 0.25) is 0 Å². The van der Waals surface area contributed by atoms with Crippen molar-refractivity contribution in [3.8, 4) is 17.1 Å². The molecule has 3 aromatic carbocycles. The Balaban J connectivity index is 1.50. The third-order valence-electron chi connectivity index (χ3n) is 5.16. The number of carbonyl (C=O) groups is 1. The number of carbonyl (C=O) groups excluding carboxylic acids is 1. The highest BCUT2D eigenvalue weighted by Gasteiger charge is 2.35. The van der Waals surface area contributed by atoms with Gasteiger partial charge in [-0.25, -0.2) is 4.99 Å². The second kappa shape index (κ2) is 9.63. The zero-order valence-corrected chi connectivity index (χ0v) is 19.7. The average Bonchev–Trinajstić information content (AvgIpc) is 3.45. The summed E-state index contributed by atoms with van der Waals surface area (Å²) in [6, 6.07) is 28.0. The maximum atomic E-state index is 13.4. The standard InChI is InChI=1S/C27H19ClN2O3S/c1-32-20-13-11-18(12-14-20)29-27-30(19-7-3-2-4-8-19)26(31)25(34-27)17-21-15-16-24(33-21)22-9-5-6-10-23(22)28/h2-17H,1H3/b25-17-,29-27?. The van der Waals surface area contributed by atoms with Crippen LogP contribution in [0, 0.1) is 0 Å². The number of para-hydroxylation sites is 1. The first kappa shape index (κ1) is 22.1. The van der Waals surface area contributed by atoms with Crippen LogP contribution in [0.2, 0.25) is 5.02 Å². The molecule has 0 N–H and O–H groups in total. The maximum absolute atomic E-state index is 13.4. The van der Waals surface area contributed by atoms with Crippen LogP contribution in [0.3, 0.4) is 0 Å². The van der Waals surface area contributed by atoms with Crippen molar-refractivity contribution in [1.82, 2.24) is 0 Å². The molecule has 0 atom stereocenters. The molecule has 0 spiro atoms. The number of thioether (sulfide) groups is 1. The summed E-state index contributed by atoms with van der Waals surface area (Å²) < 4.78 is 11.2. The van der Waals surface area contributed by atoms with Crippen LogP contribution in [0.25, 0.3) is 17.4 Å². The van der Waals surface area contributed by atoms with E-state index in [0.717, 1.165) is 22.7 Å². The number of anilines is 1. The zero-order valence-electron chi connectivity index (χ0n) is 18.1. The van der Waals surface area contributed by atoms with Crippen LogP contribution < -0.4 is 9.64 Å². The van der Waals surface area contributed by atoms with Gasteiger partial charge in [0.25, 0.3) is 5.91 Å². The topological polar surface area (TPSA) is 55.0 Å². The van der Waals surface area contributed by atoms with Crippen molar-refractivity contribution in [2.75, 3.05) is 12.0 Å². The van der Waals surface area contributed by atoms with Gasteiger partial charge in [-0.1, -0.05) is 41.9 Å². The van der Waals surface area contributed by atoms with Crippen LogP contribution in [0.1, 0.15) is 5.76 Å². The fraction of sp³-hybridized carbons (Fsp3) is 0.0370. The molecule has 168 valence electrons. The third kappa shape index (κ3) is 4.51. The number of halogens is 1. The number of nitrogens with zero attached hydrogens (tertiary/aromatic N) is 2. The van der Waals surface area contributed by atoms with Crippen LogP contribution in [0.15, 0.2) is 105 Å². The second-order valence-electron chi connectivity index (χ2n) is 7.36. The highest BCUT2D eigenvalue weighted by Crippen LogP contribution is 2.38. The van der Waals surface area contributed by atoms with Gasteiger partial charge < -0.3 is 9.15 Å². The summed E-state index contributed by atoms with van der Waals surface area (Å²) in [5, 5.41) is 1.16. The fourth-order valence-corrected chi connectivity index (χ4v) is 4.70. The molecule has 1 aromatic heterocycles. The predicted molar refractivity (Wildman–Crippen MR) is 139 cm³/mol. The number of furan rings is 1. The SMILES string of the molecule is COc1ccc(N=C2S/C(=C\c3ccc(-c4ccccc4Cl)o3)C(=O)N2c2ccccc2)cc1. The molecule has 0 aliphatic carbocycles. The van der Waals surface area contributed by atoms with Gasteiger partial charge in [0.05, 0.1) is 28.4 Å². The van der Waals surface area contributed by atoms with Crippen molar-refractivity contribution in [1.29, 1.82) is 0 Å². The van der Waals surface area contributed by atoms with Crippen LogP contribution in [0.5, 0.6) is 5.75 Å². The summed E-state index contributed by atoms with van der Waals surface area (Å²) in [5.41, 5.74) is 2.26. The van der Waals surface area contributed by atoms with Crippen LogP contribution >= 0.6 is 23.4 Å². The lowest BCUT2D eigenvalue weighted by atomic mass is 10.2. The number of aliphatic imine (C=N–C) groups is 1. The Morgan fingerprint density at radius 2 is 1.68 bits per heavy atom. The molecule has 0 unspecified atom stereocenters. The summed E-state index contributed by atoms with van der Waals surface area (Å²) in [6.07, 6.45) is 1.74. The lowest BCUT2D eigenvalue weighted by molar-refractivity contribution is -0.113. The van der Waals surface area contributed by atoms with Gasteiger partial charge in [0, 0.05) is 11.6 Å². The van der Waals surface area contributed by atoms with Crippen molar-refractivity contribution in [2.24, 2.45) is 4.99 Å². The van der Waals surface area contributed by atoms with E-state index in [0.29, 0.717) is 26.6 Å². The lowest BCUT2D eigenvalue weighted by Crippen LogP contribution is -2.28. The Hall–Kier alpha value is -3.74. The molecule has 0 bridgehead atoms. The van der Waals surface area contributed by atoms with E-state index in [-0.39, 0.29) is 5.91 Å². The van der Waals surface area contributed by atoms with Gasteiger partial charge in [-0.05, 0) is 72.4 Å². The number of amidine groups is 1. The van der Waals surface area contributed by atoms with E-state index >= 15 is 0 Å². The molecule has 2 heterocycles. The van der Waals surface area contributed by atoms with Gasteiger partial charge in [-0.3, -0.25) is 9.69 Å². The molecule has 0 radical (unpaired) electrons. The minimum Gasteiger partial charge on any atom is -0.497 e. The van der Waals surface area contributed by atoms with E-state index in [4.69, 9.17) is 25.7 Å². The largest absolute Gasteiger partial charge is 0.497 e. The minimum atomic E-state index is -0.167. The molecular formula is C27H19ClN2O3S. The van der Waals surface area contributed by atoms with Gasteiger partial charge in [0.15, 0.2) is 5.17 Å². The van der Waals surface area contributed by atoms with Crippen LogP contribution in [-0.2, 0) is 4.79 Å². The number of benzene rings is 3. The maximum Gasteiger partial charge on any atom is 0.271 e. The number of amides is 1. The lowest BCUT2D eigenvalue weighted by Gasteiger charge is -2.15. The Morgan fingerprint density at radius 1 is 0.941 bits per heavy atom. The highest BCUT2D eigenvalue weighted by atomic mass is 35.5. The summed E-state index contributed by atoms with van der Waals surface area (Å²) in [4.78, 5) is 20.3. The van der Waals surface area contributed by atoms with Gasteiger partial charge in [-0.15, -0.1) is 0 Å². The highest BCUT2D eigenvalue weighted by molar-refractivity contribution is 8.19. The van der Waals surface area contributed by atoms with Crippen molar-refractivity contribution in [2.45, 2.75) is 0 Å². The van der Waals surface area contributed by atoms with Crippen molar-refractivity contribution >= 4 is 51.9 Å². The molecule has 4 aromatic rings. The fourth-order valence-electron chi connectivity index (χ4n) is 3.49. The Labute approximate surface area is 206 Å². The van der Waals surface area contributed by atoms with E-state index in [1.807, 2.05) is 91.0 Å². The zero-order chi connectivity index (χ0) is 23.5. The summed E-state index contributed by atoms with van der Waals surface area (Å²) in [6.45, 7) is 0. The second-order valence-corrected chi connectivity index (χ2v) is 8.78. The normalized spacial score (nSPS) is 15.9. The molecule has 1 fully saturated rings. The van der Waals surface area contributed by atoms with Crippen LogP contribution in [-0.4, -0.2) is 18.2 Å². The summed E-state index contributed by atoms with van der Waals surface area (Å²) in [5.74, 6) is 1.77. The van der Waals surface area contributed by atoms with E-state index < -0.39 is 0 Å². The van der Waals surface area contributed by atoms with Crippen molar-refractivity contribution in [3.63, 3.8) is 0 Å². The van der Waals surface area contributed by atoms with Gasteiger partial charge in [0.1, 0.15) is 17.3 Å². The van der Waals surface area contributed by atoms with Gasteiger partial charge >= 0.3 is 0 Å². The van der Waals surface area contributed by atoms with E-state index in [1.165, 1.54) is 11.8 Å². The number of ether oxygens (including phenoxy) is 1. The molecule has 7 heteroatoms. The van der Waals surface area contributed by atoms with E-state index in [9.17, 15) is 4.79 Å². The summed E-state index contributed by atoms with van der Waals surface area (Å²) in [7, 11) is 1.62. The van der Waals surface area contributed by atoms with Gasteiger partial charge in [-0.2, -0.15) is 0 Å². The predicted octanol–water partition coefficient (Wildman–Crippen LogP) is 7.42. The van der Waals surface area contributed by atoms with E-state index in [1.54, 1.807) is 18.1 Å². The quantitative estimate of drug-likeness (QED) is 0.275. The number of hydrogen-bond acceptors (Lipinski definition) is 5. The minimum absolute atomic E-state index is 0.167. The molecule has 34 heavy (non-hydrogen) atoms. The molecule has 1 amide bonds. The molecule has 1 aliphatic rings. The molecular weight excluding hydrogens is 468 g/mol. The number of hydrogen-bond donors (Lipinski definition) is 0. The van der Waals surface area contributed by atoms with Crippen molar-refractivity contribution < 1.29 is 13.9 Å². The van der Waals surface area contributed by atoms with Crippen molar-refractivity contribution in [3.05, 3.63) is 107 Å². The first-order valence-corrected chi connectivity index (χ1v) is 11.7. The first-order chi connectivity index (χ1) is 16.6. The first-order valence-electron chi connectivity index (χ1n) is 10.5. The summed E-state index contributed by atoms with van der Waals surface area (Å²) >= 11 is 7.60. The molecule has 1 saturated heterocycles. The Bertz CT molecular complexity index is 1390. The molecule has 1 aliphatic heterocycles. The monoisotopic (exact) mass is 486 g/mol. The van der Waals surface area contributed by atoms with Crippen LogP contribution in [0.4, 0.5) is 11.4 Å². The smallest absolute Gasteiger partial charge is 0.271 e. The Morgan fingerprint density at radius 3 is 2.41 bits per heavy atom. The molecule has 0 saturated carbocycles. The number of rotatable bonds is 5. The third-order valence-corrected chi connectivity index (χ3v) is 6.46.